The number of allylic oxidation sites excluding steroid dienone is 4. The summed E-state index contributed by atoms with van der Waals surface area (Å²) >= 11 is 12.9. The molecule has 0 spiro atoms. The normalized spacial score (nSPS) is 21.3. The van der Waals surface area contributed by atoms with Crippen molar-refractivity contribution in [3.05, 3.63) is 50.4 Å². The Morgan fingerprint density at radius 1 is 1.30 bits per heavy atom. The highest BCUT2D eigenvalue weighted by Gasteiger charge is 2.55. The molecule has 1 amide bonds. The van der Waals surface area contributed by atoms with Crippen molar-refractivity contribution >= 4 is 57.4 Å². The van der Waals surface area contributed by atoms with E-state index in [1.54, 1.807) is 30.9 Å². The van der Waals surface area contributed by atoms with Gasteiger partial charge in [0.15, 0.2) is 5.82 Å². The van der Waals surface area contributed by atoms with Gasteiger partial charge in [0.25, 0.3) is 0 Å². The number of benzene rings is 1. The summed E-state index contributed by atoms with van der Waals surface area (Å²) in [7, 11) is 0. The van der Waals surface area contributed by atoms with Crippen LogP contribution in [0.3, 0.4) is 0 Å². The van der Waals surface area contributed by atoms with Crippen molar-refractivity contribution in [2.24, 2.45) is 5.92 Å². The van der Waals surface area contributed by atoms with Gasteiger partial charge in [0, 0.05) is 29.8 Å². The lowest BCUT2D eigenvalue weighted by Crippen LogP contribution is -2.50. The summed E-state index contributed by atoms with van der Waals surface area (Å²) in [6.07, 6.45) is 3.69. The number of esters is 1. The molecule has 2 aliphatic heterocycles. The number of nitrogens with one attached hydrogen (secondary N) is 1. The third-order valence-electron chi connectivity index (χ3n) is 8.20. The average molecular weight is 630 g/mol. The molecule has 43 heavy (non-hydrogen) atoms. The van der Waals surface area contributed by atoms with Gasteiger partial charge in [-0.3, -0.25) is 0 Å². The molecule has 3 fully saturated rings. The number of aryl methyl sites for hydroxylation is 2. The minimum Gasteiger partial charge on any atom is -0.462 e. The van der Waals surface area contributed by atoms with Crippen LogP contribution in [-0.2, 0) is 15.9 Å². The second-order valence-electron chi connectivity index (χ2n) is 12.2. The predicted molar refractivity (Wildman–Crippen MR) is 165 cm³/mol. The molecule has 1 saturated carbocycles. The Hall–Kier alpha value is -3.35. The van der Waals surface area contributed by atoms with E-state index < -0.39 is 17.4 Å². The maximum absolute atomic E-state index is 16.7. The number of carbonyl (C=O) groups is 2. The minimum atomic E-state index is -0.631. The minimum absolute atomic E-state index is 0.0714. The van der Waals surface area contributed by atoms with E-state index in [1.807, 2.05) is 20.8 Å². The van der Waals surface area contributed by atoms with Crippen LogP contribution in [0.1, 0.15) is 80.6 Å². The molecular formula is C32H35Cl2FN4O4. The highest BCUT2D eigenvalue weighted by molar-refractivity contribution is 6.46. The topological polar surface area (TPSA) is 105 Å². The molecule has 8 nitrogen and oxygen atoms in total. The molecule has 2 saturated heterocycles. The van der Waals surface area contributed by atoms with E-state index in [4.69, 9.17) is 32.7 Å². The van der Waals surface area contributed by atoms with E-state index in [-0.39, 0.29) is 59.7 Å². The zero-order valence-corrected chi connectivity index (χ0v) is 26.5. The van der Waals surface area contributed by atoms with Crippen molar-refractivity contribution in [2.75, 3.05) is 18.5 Å². The zero-order chi connectivity index (χ0) is 31.2. The fourth-order valence-electron chi connectivity index (χ4n) is 6.30. The van der Waals surface area contributed by atoms with Gasteiger partial charge in [0.1, 0.15) is 16.7 Å². The Morgan fingerprint density at radius 2 is 2.05 bits per heavy atom. The van der Waals surface area contributed by atoms with Crippen molar-refractivity contribution in [3.8, 4) is 6.07 Å². The van der Waals surface area contributed by atoms with E-state index in [0.29, 0.717) is 57.9 Å². The summed E-state index contributed by atoms with van der Waals surface area (Å²) in [5.74, 6) is -1.04. The van der Waals surface area contributed by atoms with Gasteiger partial charge in [-0.1, -0.05) is 29.3 Å². The largest absolute Gasteiger partial charge is 0.462 e. The molecule has 3 heterocycles. The number of fused-ring (bicyclic) bond motifs is 2. The molecule has 1 aromatic carbocycles. The van der Waals surface area contributed by atoms with Crippen molar-refractivity contribution in [1.82, 2.24) is 9.88 Å². The van der Waals surface area contributed by atoms with Crippen LogP contribution in [0.4, 0.5) is 14.9 Å². The first-order valence-corrected chi connectivity index (χ1v) is 15.3. The van der Waals surface area contributed by atoms with Crippen molar-refractivity contribution in [2.45, 2.75) is 84.4 Å². The Labute approximate surface area is 260 Å². The van der Waals surface area contributed by atoms with Crippen LogP contribution in [0.2, 0.25) is 0 Å². The number of aromatic nitrogens is 1. The quantitative estimate of drug-likeness (QED) is 0.315. The summed E-state index contributed by atoms with van der Waals surface area (Å²) in [6.45, 7) is 9.50. The van der Waals surface area contributed by atoms with Gasteiger partial charge in [0.05, 0.1) is 46.2 Å². The molecule has 6 rings (SSSR count). The van der Waals surface area contributed by atoms with Gasteiger partial charge in [-0.15, -0.1) is 0 Å². The summed E-state index contributed by atoms with van der Waals surface area (Å²) < 4.78 is 27.7. The van der Waals surface area contributed by atoms with Crippen molar-refractivity contribution < 1.29 is 23.5 Å². The first-order valence-electron chi connectivity index (χ1n) is 14.6. The molecule has 1 aromatic heterocycles. The molecule has 4 aliphatic rings. The molecule has 0 radical (unpaired) electrons. The van der Waals surface area contributed by atoms with Gasteiger partial charge in [-0.05, 0) is 77.5 Å². The number of hydrogen-bond donors (Lipinski definition) is 1. The lowest BCUT2D eigenvalue weighted by Gasteiger charge is -2.38. The number of hydrogen-bond acceptors (Lipinski definition) is 7. The summed E-state index contributed by atoms with van der Waals surface area (Å²) in [5.41, 5.74) is 1.79. The summed E-state index contributed by atoms with van der Waals surface area (Å²) in [5, 5.41) is 13.9. The highest BCUT2D eigenvalue weighted by atomic mass is 35.5. The molecule has 3 atom stereocenters. The number of carbonyl (C=O) groups excluding carboxylic acids is 2. The van der Waals surface area contributed by atoms with Crippen LogP contribution in [0.15, 0.2) is 22.2 Å². The molecule has 2 aliphatic carbocycles. The fourth-order valence-corrected chi connectivity index (χ4v) is 6.79. The maximum Gasteiger partial charge on any atom is 0.410 e. The van der Waals surface area contributed by atoms with Crippen LogP contribution < -0.4 is 5.32 Å². The number of nitrogens with zero attached hydrogens (tertiary/aromatic N) is 3. The van der Waals surface area contributed by atoms with Crippen LogP contribution in [0.25, 0.3) is 16.5 Å². The van der Waals surface area contributed by atoms with Crippen LogP contribution in [0.5, 0.6) is 0 Å². The van der Waals surface area contributed by atoms with Crippen LogP contribution >= 0.6 is 23.2 Å². The maximum atomic E-state index is 16.7. The Kier molecular flexibility index (Phi) is 8.65. The van der Waals surface area contributed by atoms with E-state index >= 15 is 4.39 Å². The number of amides is 1. The molecule has 2 bridgehead atoms. The highest BCUT2D eigenvalue weighted by Crippen LogP contribution is 2.46. The summed E-state index contributed by atoms with van der Waals surface area (Å²) in [4.78, 5) is 32.5. The van der Waals surface area contributed by atoms with Gasteiger partial charge in [-0.25, -0.2) is 19.0 Å². The number of pyridine rings is 1. The molecular weight excluding hydrogens is 594 g/mol. The van der Waals surface area contributed by atoms with Gasteiger partial charge >= 0.3 is 12.1 Å². The second kappa shape index (κ2) is 12.0. The number of halogens is 3. The van der Waals surface area contributed by atoms with Crippen LogP contribution in [0, 0.1) is 30.0 Å². The first kappa shape index (κ1) is 31.1. The molecule has 1 N–H and O–H groups in total. The van der Waals surface area contributed by atoms with Crippen LogP contribution in [-0.4, -0.2) is 52.8 Å². The number of anilines is 1. The molecule has 228 valence electrons. The van der Waals surface area contributed by atoms with Gasteiger partial charge in [-0.2, -0.15) is 5.26 Å². The average Bonchev–Trinajstić information content (AvgIpc) is 3.53. The Morgan fingerprint density at radius 3 is 2.72 bits per heavy atom. The second-order valence-corrected chi connectivity index (χ2v) is 13.0. The third kappa shape index (κ3) is 5.80. The van der Waals surface area contributed by atoms with E-state index in [9.17, 15) is 14.9 Å². The van der Waals surface area contributed by atoms with Gasteiger partial charge < -0.3 is 19.7 Å². The number of ether oxygens (including phenoxy) is 2. The van der Waals surface area contributed by atoms with Crippen molar-refractivity contribution in [1.29, 1.82) is 5.26 Å². The molecule has 0 unspecified atom stereocenters. The van der Waals surface area contributed by atoms with Crippen molar-refractivity contribution in [3.63, 3.8) is 0 Å². The predicted octanol–water partition coefficient (Wildman–Crippen LogP) is 7.60. The number of rotatable bonds is 7. The Balaban J connectivity index is 1.66. The Bertz CT molecular complexity index is 1610. The smallest absolute Gasteiger partial charge is 0.410 e. The third-order valence-corrected chi connectivity index (χ3v) is 9.07. The van der Waals surface area contributed by atoms with E-state index in [0.717, 1.165) is 6.42 Å². The van der Waals surface area contributed by atoms with E-state index in [2.05, 4.69) is 16.4 Å². The summed E-state index contributed by atoms with van der Waals surface area (Å²) in [6, 6.07) is 3.60. The fraction of sp³-hybridized carbons (Fsp3) is 0.500. The number of nitriles is 1. The molecule has 2 aromatic rings. The van der Waals surface area contributed by atoms with E-state index in [1.165, 1.54) is 0 Å². The lowest BCUT2D eigenvalue weighted by molar-refractivity contribution is 0.0238. The molecule has 11 heteroatoms. The lowest BCUT2D eigenvalue weighted by atomic mass is 9.79. The first-order chi connectivity index (χ1) is 20.4. The SMILES string of the molecule is CCOC(=O)c1c(C)nc2c(F)c(C3=C(Cl)C(Cl)=CCC3)c(CCC#N)cc2c1N[C@H]1[C@@H]2C[C@H]1N(C(=O)OC(C)(C)C)C2. The zero-order valence-electron chi connectivity index (χ0n) is 24.9. The standard InChI is InChI=1S/C32H35Cl2FN4O4/c1-6-42-30(40)23-16(2)37-29-20(28(23)38-27-18-14-22(27)39(15-18)31(41)43-32(3,4)5)13-17(9-8-12-36)24(26(29)35)19-10-7-11-21(33)25(19)34/h11,13,18,22,27H,6-10,14-15H2,1-5H3,(H,37,38)/t18-,22-,27+/m1/s1. The van der Waals surface area contributed by atoms with Gasteiger partial charge in [0.2, 0.25) is 0 Å². The monoisotopic (exact) mass is 628 g/mol.